The van der Waals surface area contributed by atoms with Crippen molar-refractivity contribution < 1.29 is 13.6 Å². The van der Waals surface area contributed by atoms with Crippen molar-refractivity contribution in [2.24, 2.45) is 11.5 Å². The molecule has 2 aromatic heterocycles. The molecule has 29 heavy (non-hydrogen) atoms. The minimum absolute atomic E-state index is 0.0430. The van der Waals surface area contributed by atoms with Gasteiger partial charge in [0.15, 0.2) is 11.5 Å². The van der Waals surface area contributed by atoms with Gasteiger partial charge in [0.1, 0.15) is 5.82 Å². The van der Waals surface area contributed by atoms with Crippen LogP contribution in [-0.4, -0.2) is 38.9 Å². The fourth-order valence-electron chi connectivity index (χ4n) is 3.54. The molecular weight excluding hydrogens is 380 g/mol. The third-order valence-corrected chi connectivity index (χ3v) is 5.33. The molecule has 0 aliphatic heterocycles. The predicted molar refractivity (Wildman–Crippen MR) is 104 cm³/mol. The Balaban J connectivity index is 1.57. The molecule has 0 aromatic carbocycles. The summed E-state index contributed by atoms with van der Waals surface area (Å²) in [6.45, 7) is 0. The number of primary amides is 1. The summed E-state index contributed by atoms with van der Waals surface area (Å²) in [4.78, 5) is 24.5. The van der Waals surface area contributed by atoms with Gasteiger partial charge in [-0.25, -0.2) is 18.7 Å². The van der Waals surface area contributed by atoms with E-state index in [1.165, 1.54) is 6.20 Å². The summed E-state index contributed by atoms with van der Waals surface area (Å²) in [6.07, 6.45) is 5.82. The molecule has 10 heteroatoms. The molecule has 2 saturated carbocycles. The maximum Gasteiger partial charge on any atom is 0.271 e. The SMILES string of the molecule is NC(=O)c1ncc(N[C@@H]2CCCC(F)(F)[C@@H]2N)nc1Nc1ccnc(C2CC2)c1. The number of nitrogens with one attached hydrogen (secondary N) is 2. The summed E-state index contributed by atoms with van der Waals surface area (Å²) in [5.41, 5.74) is 12.8. The normalized spacial score (nSPS) is 23.4. The maximum absolute atomic E-state index is 13.9. The molecule has 8 nitrogen and oxygen atoms in total. The molecule has 6 N–H and O–H groups in total. The third kappa shape index (κ3) is 4.26. The van der Waals surface area contributed by atoms with Crippen LogP contribution in [0.5, 0.6) is 0 Å². The zero-order chi connectivity index (χ0) is 20.6. The number of hydrogen-bond acceptors (Lipinski definition) is 7. The van der Waals surface area contributed by atoms with Crippen molar-refractivity contribution in [2.75, 3.05) is 10.6 Å². The van der Waals surface area contributed by atoms with Crippen LogP contribution in [0.4, 0.5) is 26.1 Å². The van der Waals surface area contributed by atoms with Gasteiger partial charge in [0.05, 0.1) is 12.2 Å². The molecule has 2 heterocycles. The molecule has 0 unspecified atom stereocenters. The predicted octanol–water partition coefficient (Wildman–Crippen LogP) is 2.52. The number of alkyl halides is 2. The Labute approximate surface area is 166 Å². The Bertz CT molecular complexity index is 919. The van der Waals surface area contributed by atoms with E-state index >= 15 is 0 Å². The summed E-state index contributed by atoms with van der Waals surface area (Å²) >= 11 is 0. The van der Waals surface area contributed by atoms with Gasteiger partial charge in [-0.05, 0) is 37.8 Å². The van der Waals surface area contributed by atoms with Gasteiger partial charge in [-0.15, -0.1) is 0 Å². The first-order chi connectivity index (χ1) is 13.8. The first kappa shape index (κ1) is 19.4. The second-order valence-corrected chi connectivity index (χ2v) is 7.62. The lowest BCUT2D eigenvalue weighted by atomic mass is 9.87. The molecule has 2 aromatic rings. The van der Waals surface area contributed by atoms with Crippen LogP contribution in [0.3, 0.4) is 0 Å². The van der Waals surface area contributed by atoms with Gasteiger partial charge in [0.2, 0.25) is 0 Å². The summed E-state index contributed by atoms with van der Waals surface area (Å²) < 4.78 is 27.8. The van der Waals surface area contributed by atoms with Gasteiger partial charge in [-0.1, -0.05) is 0 Å². The number of nitrogens with zero attached hydrogens (tertiary/aromatic N) is 3. The molecule has 0 saturated heterocycles. The van der Waals surface area contributed by atoms with E-state index in [0.717, 1.165) is 18.5 Å². The van der Waals surface area contributed by atoms with Gasteiger partial charge in [-0.2, -0.15) is 0 Å². The Morgan fingerprint density at radius 3 is 2.76 bits per heavy atom. The Kier molecular flexibility index (Phi) is 5.03. The van der Waals surface area contributed by atoms with Crippen LogP contribution in [0.15, 0.2) is 24.5 Å². The Morgan fingerprint density at radius 1 is 1.24 bits per heavy atom. The van der Waals surface area contributed by atoms with E-state index in [4.69, 9.17) is 11.5 Å². The van der Waals surface area contributed by atoms with Crippen molar-refractivity contribution in [1.82, 2.24) is 15.0 Å². The molecule has 0 spiro atoms. The van der Waals surface area contributed by atoms with Crippen LogP contribution in [0.2, 0.25) is 0 Å². The van der Waals surface area contributed by atoms with E-state index in [9.17, 15) is 13.6 Å². The number of carbonyl (C=O) groups excluding carboxylic acids is 1. The molecule has 0 bridgehead atoms. The molecule has 0 radical (unpaired) electrons. The number of hydrogen-bond donors (Lipinski definition) is 4. The molecule has 154 valence electrons. The molecular formula is C19H23F2N7O. The van der Waals surface area contributed by atoms with Gasteiger partial charge >= 0.3 is 0 Å². The van der Waals surface area contributed by atoms with Crippen LogP contribution >= 0.6 is 0 Å². The van der Waals surface area contributed by atoms with Crippen LogP contribution in [0.1, 0.15) is 54.2 Å². The standard InChI is InChI=1S/C19H23F2N7O/c20-19(21)6-1-2-12(16(19)22)27-14-9-25-15(17(23)29)18(28-14)26-11-5-7-24-13(8-11)10-3-4-10/h5,7-10,12,16H,1-4,6,22H2,(H2,23,29)(H2,24,26,27,28)/t12-,16-/m1/s1. The van der Waals surface area contributed by atoms with Crippen LogP contribution < -0.4 is 22.1 Å². The highest BCUT2D eigenvalue weighted by molar-refractivity contribution is 5.96. The van der Waals surface area contributed by atoms with Crippen LogP contribution in [0, 0.1) is 0 Å². The fourth-order valence-corrected chi connectivity index (χ4v) is 3.54. The number of carbonyl (C=O) groups is 1. The van der Waals surface area contributed by atoms with Crippen molar-refractivity contribution in [3.8, 4) is 0 Å². The monoisotopic (exact) mass is 403 g/mol. The summed E-state index contributed by atoms with van der Waals surface area (Å²) in [5.74, 6) is -2.84. The minimum atomic E-state index is -2.94. The average Bonchev–Trinajstić information content (AvgIpc) is 3.51. The van der Waals surface area contributed by atoms with E-state index in [2.05, 4.69) is 25.6 Å². The van der Waals surface area contributed by atoms with E-state index in [1.807, 2.05) is 6.07 Å². The van der Waals surface area contributed by atoms with Crippen molar-refractivity contribution in [1.29, 1.82) is 0 Å². The number of halogens is 2. The van der Waals surface area contributed by atoms with Crippen LogP contribution in [0.25, 0.3) is 0 Å². The van der Waals surface area contributed by atoms with Crippen molar-refractivity contribution in [3.05, 3.63) is 35.9 Å². The quantitative estimate of drug-likeness (QED) is 0.583. The van der Waals surface area contributed by atoms with E-state index in [1.54, 1.807) is 12.3 Å². The summed E-state index contributed by atoms with van der Waals surface area (Å²) in [5, 5.41) is 5.98. The lowest BCUT2D eigenvalue weighted by Crippen LogP contribution is -2.55. The second kappa shape index (κ2) is 7.51. The number of nitrogens with two attached hydrogens (primary N) is 2. The van der Waals surface area contributed by atoms with Gasteiger partial charge in [-0.3, -0.25) is 9.78 Å². The number of rotatable bonds is 6. The largest absolute Gasteiger partial charge is 0.364 e. The second-order valence-electron chi connectivity index (χ2n) is 7.62. The van der Waals surface area contributed by atoms with Crippen molar-refractivity contribution in [2.45, 2.75) is 56.0 Å². The molecule has 2 aliphatic carbocycles. The highest BCUT2D eigenvalue weighted by atomic mass is 19.3. The first-order valence-electron chi connectivity index (χ1n) is 9.63. The zero-order valence-corrected chi connectivity index (χ0v) is 15.7. The van der Waals surface area contributed by atoms with E-state index in [-0.39, 0.29) is 23.8 Å². The van der Waals surface area contributed by atoms with Gasteiger partial charge < -0.3 is 22.1 Å². The third-order valence-electron chi connectivity index (χ3n) is 5.33. The number of aromatic nitrogens is 3. The van der Waals surface area contributed by atoms with Crippen LogP contribution in [-0.2, 0) is 0 Å². The van der Waals surface area contributed by atoms with Gasteiger partial charge in [0.25, 0.3) is 11.8 Å². The number of anilines is 3. The van der Waals surface area contributed by atoms with Gasteiger partial charge in [0, 0.05) is 36.0 Å². The van der Waals surface area contributed by atoms with E-state index in [0.29, 0.717) is 24.4 Å². The topological polar surface area (TPSA) is 132 Å². The summed E-state index contributed by atoms with van der Waals surface area (Å²) in [7, 11) is 0. The van der Waals surface area contributed by atoms with E-state index < -0.39 is 23.9 Å². The first-order valence-corrected chi connectivity index (χ1v) is 9.63. The Hall–Kier alpha value is -2.88. The summed E-state index contributed by atoms with van der Waals surface area (Å²) in [6, 6.07) is 1.66. The highest BCUT2D eigenvalue weighted by Gasteiger charge is 2.44. The minimum Gasteiger partial charge on any atom is -0.364 e. The fraction of sp³-hybridized carbons (Fsp3) is 0.474. The highest BCUT2D eigenvalue weighted by Crippen LogP contribution is 2.39. The lowest BCUT2D eigenvalue weighted by molar-refractivity contribution is -0.0554. The maximum atomic E-state index is 13.9. The molecule has 2 aliphatic rings. The number of amides is 1. The smallest absolute Gasteiger partial charge is 0.271 e. The average molecular weight is 403 g/mol. The molecule has 2 fully saturated rings. The van der Waals surface area contributed by atoms with Crippen molar-refractivity contribution in [3.63, 3.8) is 0 Å². The zero-order valence-electron chi connectivity index (χ0n) is 15.7. The molecule has 4 rings (SSSR count). The molecule has 2 atom stereocenters. The lowest BCUT2D eigenvalue weighted by Gasteiger charge is -2.36. The molecule has 1 amide bonds. The Morgan fingerprint density at radius 2 is 2.03 bits per heavy atom. The number of pyridine rings is 1. The van der Waals surface area contributed by atoms with Crippen molar-refractivity contribution >= 4 is 23.2 Å².